The van der Waals surface area contributed by atoms with E-state index in [0.29, 0.717) is 12.1 Å². The number of thiophene rings is 1. The van der Waals surface area contributed by atoms with Crippen LogP contribution >= 0.6 is 11.3 Å². The van der Waals surface area contributed by atoms with Gasteiger partial charge in [0.2, 0.25) is 0 Å². The molecule has 0 spiro atoms. The Morgan fingerprint density at radius 2 is 2.53 bits per heavy atom. The van der Waals surface area contributed by atoms with Gasteiger partial charge in [-0.15, -0.1) is 11.3 Å². The molecule has 4 heteroatoms. The van der Waals surface area contributed by atoms with Crippen LogP contribution in [0.3, 0.4) is 0 Å². The summed E-state index contributed by atoms with van der Waals surface area (Å²) in [5.41, 5.74) is 0. The highest BCUT2D eigenvalue weighted by Crippen LogP contribution is 2.23. The molecule has 2 heterocycles. The number of hydrogen-bond acceptors (Lipinski definition) is 4. The van der Waals surface area contributed by atoms with Crippen LogP contribution < -0.4 is 5.32 Å². The maximum Gasteiger partial charge on any atom is 0.110 e. The average molecular weight is 222 g/mol. The van der Waals surface area contributed by atoms with E-state index in [-0.39, 0.29) is 0 Å². The zero-order valence-corrected chi connectivity index (χ0v) is 9.51. The van der Waals surface area contributed by atoms with Gasteiger partial charge in [-0.1, -0.05) is 0 Å². The summed E-state index contributed by atoms with van der Waals surface area (Å²) in [6, 6.07) is 6.84. The highest BCUT2D eigenvalue weighted by Gasteiger charge is 2.18. The molecule has 0 aromatic carbocycles. The fraction of sp³-hybridized carbons (Fsp3) is 0.545. The van der Waals surface area contributed by atoms with Crippen molar-refractivity contribution in [3.8, 4) is 6.07 Å². The number of ether oxygens (including phenoxy) is 1. The molecule has 1 aromatic heterocycles. The number of nitrogens with one attached hydrogen (secondary N) is 1. The highest BCUT2D eigenvalue weighted by molar-refractivity contribution is 7.12. The average Bonchev–Trinajstić information content (AvgIpc) is 2.86. The van der Waals surface area contributed by atoms with Crippen molar-refractivity contribution in [2.24, 2.45) is 0 Å². The zero-order chi connectivity index (χ0) is 10.7. The SMILES string of the molecule is CC(NC1CCOC1)c1ccc(C#N)s1. The standard InChI is InChI=1S/C11H14N2OS/c1-8(13-9-4-5-14-7-9)11-3-2-10(6-12)15-11/h2-3,8-9,13H,4-5,7H2,1H3. The third kappa shape index (κ3) is 2.57. The summed E-state index contributed by atoms with van der Waals surface area (Å²) in [7, 11) is 0. The van der Waals surface area contributed by atoms with Crippen molar-refractivity contribution in [1.29, 1.82) is 5.26 Å². The molecule has 1 aliphatic rings. The lowest BCUT2D eigenvalue weighted by molar-refractivity contribution is 0.188. The van der Waals surface area contributed by atoms with Gasteiger partial charge in [0.25, 0.3) is 0 Å². The molecule has 1 aromatic rings. The Bertz CT molecular complexity index is 363. The van der Waals surface area contributed by atoms with Crippen molar-refractivity contribution in [2.75, 3.05) is 13.2 Å². The summed E-state index contributed by atoms with van der Waals surface area (Å²) in [6.45, 7) is 3.80. The molecule has 2 unspecified atom stereocenters. The third-order valence-electron chi connectivity index (χ3n) is 2.58. The van der Waals surface area contributed by atoms with Gasteiger partial charge < -0.3 is 10.1 Å². The van der Waals surface area contributed by atoms with Crippen LogP contribution in [0.5, 0.6) is 0 Å². The predicted molar refractivity (Wildman–Crippen MR) is 59.8 cm³/mol. The van der Waals surface area contributed by atoms with Crippen molar-refractivity contribution in [2.45, 2.75) is 25.4 Å². The van der Waals surface area contributed by atoms with Crippen molar-refractivity contribution >= 4 is 11.3 Å². The van der Waals surface area contributed by atoms with Crippen LogP contribution in [0.25, 0.3) is 0 Å². The molecule has 0 aliphatic carbocycles. The van der Waals surface area contributed by atoms with Crippen molar-refractivity contribution in [3.63, 3.8) is 0 Å². The summed E-state index contributed by atoms with van der Waals surface area (Å²) < 4.78 is 5.31. The molecule has 3 nitrogen and oxygen atoms in total. The maximum atomic E-state index is 8.74. The van der Waals surface area contributed by atoms with Crippen molar-refractivity contribution in [3.05, 3.63) is 21.9 Å². The molecular formula is C11H14N2OS. The Balaban J connectivity index is 1.95. The fourth-order valence-electron chi connectivity index (χ4n) is 1.75. The van der Waals surface area contributed by atoms with Crippen LogP contribution in [-0.2, 0) is 4.74 Å². The van der Waals surface area contributed by atoms with Gasteiger partial charge >= 0.3 is 0 Å². The van der Waals surface area contributed by atoms with Crippen LogP contribution in [0, 0.1) is 11.3 Å². The van der Waals surface area contributed by atoms with Crippen LogP contribution in [0.4, 0.5) is 0 Å². The van der Waals surface area contributed by atoms with Gasteiger partial charge in [0.1, 0.15) is 10.9 Å². The lowest BCUT2D eigenvalue weighted by Crippen LogP contribution is -2.31. The molecule has 1 saturated heterocycles. The Morgan fingerprint density at radius 1 is 1.67 bits per heavy atom. The van der Waals surface area contributed by atoms with Crippen LogP contribution in [0.2, 0.25) is 0 Å². The monoisotopic (exact) mass is 222 g/mol. The van der Waals surface area contributed by atoms with Gasteiger partial charge in [-0.05, 0) is 25.5 Å². The van der Waals surface area contributed by atoms with E-state index in [2.05, 4.69) is 18.3 Å². The molecular weight excluding hydrogens is 208 g/mol. The van der Waals surface area contributed by atoms with Crippen molar-refractivity contribution < 1.29 is 4.74 Å². The van der Waals surface area contributed by atoms with Crippen LogP contribution in [0.1, 0.15) is 29.1 Å². The zero-order valence-electron chi connectivity index (χ0n) is 8.69. The largest absolute Gasteiger partial charge is 0.380 e. The van der Waals surface area contributed by atoms with Gasteiger partial charge in [-0.25, -0.2) is 0 Å². The minimum absolute atomic E-state index is 0.309. The van der Waals surface area contributed by atoms with E-state index in [4.69, 9.17) is 10.00 Å². The predicted octanol–water partition coefficient (Wildman–Crippen LogP) is 2.06. The topological polar surface area (TPSA) is 45.0 Å². The first-order valence-corrected chi connectivity index (χ1v) is 5.95. The van der Waals surface area contributed by atoms with E-state index in [0.717, 1.165) is 24.5 Å². The van der Waals surface area contributed by atoms with Crippen LogP contribution in [0.15, 0.2) is 12.1 Å². The number of rotatable bonds is 3. The van der Waals surface area contributed by atoms with Crippen LogP contribution in [-0.4, -0.2) is 19.3 Å². The Morgan fingerprint density at radius 3 is 3.13 bits per heavy atom. The van der Waals surface area contributed by atoms with E-state index in [1.54, 1.807) is 11.3 Å². The second kappa shape index (κ2) is 4.75. The number of nitrogens with zero attached hydrogens (tertiary/aromatic N) is 1. The Kier molecular flexibility index (Phi) is 3.37. The minimum atomic E-state index is 0.309. The molecule has 80 valence electrons. The molecule has 1 N–H and O–H groups in total. The second-order valence-corrected chi connectivity index (χ2v) is 4.88. The summed E-state index contributed by atoms with van der Waals surface area (Å²) in [5.74, 6) is 0. The Hall–Kier alpha value is -0.890. The summed E-state index contributed by atoms with van der Waals surface area (Å²) in [4.78, 5) is 2.00. The van der Waals surface area contributed by atoms with E-state index < -0.39 is 0 Å². The number of hydrogen-bond donors (Lipinski definition) is 1. The molecule has 0 amide bonds. The minimum Gasteiger partial charge on any atom is -0.380 e. The Labute approximate surface area is 93.7 Å². The lowest BCUT2D eigenvalue weighted by Gasteiger charge is -2.16. The van der Waals surface area contributed by atoms with E-state index >= 15 is 0 Å². The van der Waals surface area contributed by atoms with Gasteiger partial charge in [0.05, 0.1) is 6.61 Å². The molecule has 15 heavy (non-hydrogen) atoms. The van der Waals surface area contributed by atoms with Gasteiger partial charge in [0, 0.05) is 23.6 Å². The second-order valence-electron chi connectivity index (χ2n) is 3.76. The maximum absolute atomic E-state index is 8.74. The molecule has 2 atom stereocenters. The summed E-state index contributed by atoms with van der Waals surface area (Å²) in [5, 5.41) is 12.2. The molecule has 1 aliphatic heterocycles. The van der Waals surface area contributed by atoms with Gasteiger partial charge in [-0.2, -0.15) is 5.26 Å². The lowest BCUT2D eigenvalue weighted by atomic mass is 10.2. The van der Waals surface area contributed by atoms with E-state index in [1.165, 1.54) is 4.88 Å². The molecule has 0 bridgehead atoms. The van der Waals surface area contributed by atoms with E-state index in [9.17, 15) is 0 Å². The molecule has 1 fully saturated rings. The first-order chi connectivity index (χ1) is 7.29. The first-order valence-electron chi connectivity index (χ1n) is 5.13. The van der Waals surface area contributed by atoms with Gasteiger partial charge in [0.15, 0.2) is 0 Å². The molecule has 0 saturated carbocycles. The third-order valence-corrected chi connectivity index (χ3v) is 3.75. The summed E-state index contributed by atoms with van der Waals surface area (Å²) >= 11 is 1.56. The fourth-order valence-corrected chi connectivity index (χ4v) is 2.56. The molecule has 2 rings (SSSR count). The highest BCUT2D eigenvalue weighted by atomic mass is 32.1. The van der Waals surface area contributed by atoms with E-state index in [1.807, 2.05) is 12.1 Å². The normalized spacial score (nSPS) is 22.5. The smallest absolute Gasteiger partial charge is 0.110 e. The molecule has 0 radical (unpaired) electrons. The van der Waals surface area contributed by atoms with Gasteiger partial charge in [-0.3, -0.25) is 0 Å². The number of nitriles is 1. The van der Waals surface area contributed by atoms with Crippen molar-refractivity contribution in [1.82, 2.24) is 5.32 Å². The quantitative estimate of drug-likeness (QED) is 0.851. The first kappa shape index (κ1) is 10.6. The summed E-state index contributed by atoms with van der Waals surface area (Å²) in [6.07, 6.45) is 1.08.